The van der Waals surface area contributed by atoms with Crippen molar-refractivity contribution < 1.29 is 13.2 Å². The summed E-state index contributed by atoms with van der Waals surface area (Å²) in [5.74, 6) is 0.589. The van der Waals surface area contributed by atoms with Gasteiger partial charge in [0.05, 0.1) is 23.2 Å². The van der Waals surface area contributed by atoms with Crippen molar-refractivity contribution in [2.45, 2.75) is 18.7 Å². The van der Waals surface area contributed by atoms with Crippen LogP contribution in [0.5, 0.6) is 5.75 Å². The summed E-state index contributed by atoms with van der Waals surface area (Å²) < 4.78 is 32.8. The number of aromatic nitrogens is 1. The van der Waals surface area contributed by atoms with E-state index in [2.05, 4.69) is 0 Å². The smallest absolute Gasteiger partial charge is 0.268 e. The molecule has 1 aromatic heterocycles. The number of fused-ring (bicyclic) bond motifs is 1. The summed E-state index contributed by atoms with van der Waals surface area (Å²) in [5, 5.41) is 0.790. The fraction of sp³-hybridized carbons (Fsp3) is 0.176. The maximum atomic E-state index is 13.0. The van der Waals surface area contributed by atoms with Crippen molar-refractivity contribution in [3.63, 3.8) is 0 Å². The Hall–Kier alpha value is -2.27. The van der Waals surface area contributed by atoms with Crippen LogP contribution in [0, 0.1) is 13.8 Å². The molecule has 0 aliphatic rings. The van der Waals surface area contributed by atoms with Gasteiger partial charge in [0, 0.05) is 5.39 Å². The molecule has 0 spiro atoms. The number of para-hydroxylation sites is 1. The predicted octanol–water partition coefficient (Wildman–Crippen LogP) is 3.50. The van der Waals surface area contributed by atoms with Gasteiger partial charge in [-0.3, -0.25) is 0 Å². The number of benzene rings is 2. The Morgan fingerprint density at radius 1 is 0.955 bits per heavy atom. The average molecular weight is 315 g/mol. The second kappa shape index (κ2) is 5.18. The van der Waals surface area contributed by atoms with Crippen molar-refractivity contribution in [3.05, 3.63) is 59.8 Å². The number of methoxy groups -OCH3 is 1. The Morgan fingerprint density at radius 3 is 2.23 bits per heavy atom. The maximum absolute atomic E-state index is 13.0. The largest absolute Gasteiger partial charge is 0.494 e. The molecule has 0 aliphatic heterocycles. The molecular formula is C17H17NO3S. The van der Waals surface area contributed by atoms with Gasteiger partial charge in [-0.1, -0.05) is 29.8 Å². The molecule has 4 nitrogen and oxygen atoms in total. The summed E-state index contributed by atoms with van der Waals surface area (Å²) in [4.78, 5) is 0.268. The molecule has 0 fully saturated rings. The highest BCUT2D eigenvalue weighted by atomic mass is 32.2. The van der Waals surface area contributed by atoms with Gasteiger partial charge in [-0.15, -0.1) is 0 Å². The zero-order valence-electron chi connectivity index (χ0n) is 12.7. The number of rotatable bonds is 3. The minimum Gasteiger partial charge on any atom is -0.494 e. The number of ether oxygens (including phenoxy) is 1. The van der Waals surface area contributed by atoms with Gasteiger partial charge >= 0.3 is 0 Å². The van der Waals surface area contributed by atoms with Crippen molar-refractivity contribution in [2.24, 2.45) is 0 Å². The lowest BCUT2D eigenvalue weighted by Crippen LogP contribution is -2.14. The van der Waals surface area contributed by atoms with Crippen LogP contribution in [-0.4, -0.2) is 19.5 Å². The van der Waals surface area contributed by atoms with Gasteiger partial charge in [0.25, 0.3) is 10.0 Å². The summed E-state index contributed by atoms with van der Waals surface area (Å²) >= 11 is 0. The minimum absolute atomic E-state index is 0.268. The lowest BCUT2D eigenvalue weighted by molar-refractivity contribution is 0.415. The van der Waals surface area contributed by atoms with E-state index < -0.39 is 10.0 Å². The molecule has 0 saturated heterocycles. The van der Waals surface area contributed by atoms with Crippen LogP contribution >= 0.6 is 0 Å². The van der Waals surface area contributed by atoms with Crippen molar-refractivity contribution in [1.29, 1.82) is 0 Å². The van der Waals surface area contributed by atoms with Crippen molar-refractivity contribution >= 4 is 20.9 Å². The summed E-state index contributed by atoms with van der Waals surface area (Å²) in [6.07, 6.45) is 0. The van der Waals surface area contributed by atoms with Gasteiger partial charge in [-0.2, -0.15) is 0 Å². The third-order valence-corrected chi connectivity index (χ3v) is 5.58. The fourth-order valence-corrected chi connectivity index (χ4v) is 4.25. The maximum Gasteiger partial charge on any atom is 0.268 e. The van der Waals surface area contributed by atoms with Gasteiger partial charge in [0.1, 0.15) is 5.75 Å². The highest BCUT2D eigenvalue weighted by Gasteiger charge is 2.25. The Kier molecular flexibility index (Phi) is 3.45. The molecule has 0 bridgehead atoms. The molecule has 2 aromatic carbocycles. The normalized spacial score (nSPS) is 11.8. The molecule has 5 heteroatoms. The number of nitrogens with zero attached hydrogens (tertiary/aromatic N) is 1. The highest BCUT2D eigenvalue weighted by Crippen LogP contribution is 2.35. The predicted molar refractivity (Wildman–Crippen MR) is 87.0 cm³/mol. The van der Waals surface area contributed by atoms with Crippen LogP contribution in [0.2, 0.25) is 0 Å². The van der Waals surface area contributed by atoms with Crippen molar-refractivity contribution in [1.82, 2.24) is 3.97 Å². The molecule has 0 amide bonds. The lowest BCUT2D eigenvalue weighted by Gasteiger charge is -2.10. The Balaban J connectivity index is 2.34. The van der Waals surface area contributed by atoms with Crippen LogP contribution in [0.25, 0.3) is 10.9 Å². The second-order valence-corrected chi connectivity index (χ2v) is 7.00. The zero-order valence-corrected chi connectivity index (χ0v) is 13.5. The molecule has 0 atom stereocenters. The molecule has 0 aliphatic carbocycles. The molecule has 0 saturated carbocycles. The monoisotopic (exact) mass is 315 g/mol. The van der Waals surface area contributed by atoms with Gasteiger partial charge in [0.2, 0.25) is 0 Å². The number of hydrogen-bond acceptors (Lipinski definition) is 3. The lowest BCUT2D eigenvalue weighted by atomic mass is 10.2. The molecule has 114 valence electrons. The molecule has 1 heterocycles. The van der Waals surface area contributed by atoms with E-state index in [-0.39, 0.29) is 4.90 Å². The minimum atomic E-state index is -3.67. The van der Waals surface area contributed by atoms with Crippen LogP contribution in [0.1, 0.15) is 11.3 Å². The average Bonchev–Trinajstić information content (AvgIpc) is 2.79. The molecule has 22 heavy (non-hydrogen) atoms. The van der Waals surface area contributed by atoms with E-state index in [1.54, 1.807) is 44.4 Å². The van der Waals surface area contributed by atoms with Crippen LogP contribution < -0.4 is 4.74 Å². The van der Waals surface area contributed by atoms with E-state index >= 15 is 0 Å². The molecule has 3 aromatic rings. The van der Waals surface area contributed by atoms with E-state index in [1.807, 2.05) is 25.1 Å². The molecule has 0 radical (unpaired) electrons. The van der Waals surface area contributed by atoms with Crippen LogP contribution in [0.15, 0.2) is 53.4 Å². The van der Waals surface area contributed by atoms with E-state index in [1.165, 1.54) is 3.97 Å². The Bertz CT molecular complexity index is 938. The zero-order chi connectivity index (χ0) is 15.9. The summed E-state index contributed by atoms with van der Waals surface area (Å²) in [5.41, 5.74) is 2.22. The molecule has 0 unspecified atom stereocenters. The van der Waals surface area contributed by atoms with Gasteiger partial charge in [0.15, 0.2) is 0 Å². The van der Waals surface area contributed by atoms with Crippen LogP contribution in [-0.2, 0) is 10.0 Å². The first-order valence-electron chi connectivity index (χ1n) is 6.93. The van der Waals surface area contributed by atoms with E-state index in [9.17, 15) is 8.42 Å². The first-order valence-corrected chi connectivity index (χ1v) is 8.37. The Morgan fingerprint density at radius 2 is 1.59 bits per heavy atom. The topological polar surface area (TPSA) is 48.3 Å². The Labute approximate surface area is 130 Å². The van der Waals surface area contributed by atoms with E-state index in [0.29, 0.717) is 17.0 Å². The number of aryl methyl sites for hydroxylation is 1. The highest BCUT2D eigenvalue weighted by molar-refractivity contribution is 7.90. The second-order valence-electron chi connectivity index (χ2n) is 5.22. The molecule has 0 N–H and O–H groups in total. The summed E-state index contributed by atoms with van der Waals surface area (Å²) in [6.45, 7) is 3.68. The van der Waals surface area contributed by atoms with Gasteiger partial charge in [-0.25, -0.2) is 12.4 Å². The third-order valence-electron chi connectivity index (χ3n) is 3.76. The first-order chi connectivity index (χ1) is 10.5. The van der Waals surface area contributed by atoms with E-state index in [4.69, 9.17) is 4.74 Å². The van der Waals surface area contributed by atoms with Crippen molar-refractivity contribution in [2.75, 3.05) is 7.11 Å². The SMILES string of the molecule is COc1c(C)n(S(=O)(=O)c2ccc(C)cc2)c2ccccc12. The number of hydrogen-bond donors (Lipinski definition) is 0. The molecular weight excluding hydrogens is 298 g/mol. The standard InChI is InChI=1S/C17H17NO3S/c1-12-8-10-14(11-9-12)22(19,20)18-13(2)17(21-3)15-6-4-5-7-16(15)18/h4-11H,1-3H3. The van der Waals surface area contributed by atoms with Gasteiger partial charge < -0.3 is 4.74 Å². The summed E-state index contributed by atoms with van der Waals surface area (Å²) in [7, 11) is -2.11. The third kappa shape index (κ3) is 2.09. The molecule has 3 rings (SSSR count). The van der Waals surface area contributed by atoms with Crippen LogP contribution in [0.4, 0.5) is 0 Å². The van der Waals surface area contributed by atoms with Crippen molar-refractivity contribution in [3.8, 4) is 5.75 Å². The van der Waals surface area contributed by atoms with Gasteiger partial charge in [-0.05, 0) is 38.1 Å². The quantitative estimate of drug-likeness (QED) is 0.743. The summed E-state index contributed by atoms with van der Waals surface area (Å²) in [6, 6.07) is 14.2. The van der Waals surface area contributed by atoms with Crippen LogP contribution in [0.3, 0.4) is 0 Å². The first kappa shape index (κ1) is 14.7. The van der Waals surface area contributed by atoms with E-state index in [0.717, 1.165) is 10.9 Å². The fourth-order valence-electron chi connectivity index (χ4n) is 2.69.